The lowest BCUT2D eigenvalue weighted by Gasteiger charge is -2.31. The van der Waals surface area contributed by atoms with Crippen LogP contribution in [0.25, 0.3) is 0 Å². The molecule has 1 atom stereocenters. The van der Waals surface area contributed by atoms with Gasteiger partial charge in [-0.1, -0.05) is 0 Å². The number of hydrogen-bond acceptors (Lipinski definition) is 6. The highest BCUT2D eigenvalue weighted by molar-refractivity contribution is 7.89. The van der Waals surface area contributed by atoms with Crippen LogP contribution in [0.5, 0.6) is 0 Å². The van der Waals surface area contributed by atoms with Gasteiger partial charge in [0.05, 0.1) is 30.6 Å². The second kappa shape index (κ2) is 5.98. The summed E-state index contributed by atoms with van der Waals surface area (Å²) >= 11 is 0. The first-order valence-electron chi connectivity index (χ1n) is 6.21. The van der Waals surface area contributed by atoms with Crippen LogP contribution in [0.1, 0.15) is 10.4 Å². The maximum Gasteiger partial charge on any atom is 0.335 e. The molecule has 0 spiro atoms. The van der Waals surface area contributed by atoms with Gasteiger partial charge in [0.2, 0.25) is 10.0 Å². The van der Waals surface area contributed by atoms with E-state index in [1.54, 1.807) is 0 Å². The molecule has 4 N–H and O–H groups in total. The topological polar surface area (TPSA) is 130 Å². The zero-order chi connectivity index (χ0) is 15.6. The van der Waals surface area contributed by atoms with Crippen LogP contribution in [0.2, 0.25) is 0 Å². The molecule has 1 heterocycles. The number of aliphatic hydroxyl groups excluding tert-OH is 1. The Morgan fingerprint density at radius 2 is 2.19 bits per heavy atom. The summed E-state index contributed by atoms with van der Waals surface area (Å²) in [6.07, 6.45) is -0.576. The number of nitrogen functional groups attached to an aromatic ring is 1. The first-order chi connectivity index (χ1) is 9.86. The number of carboxylic acid groups (broad SMARTS) is 1. The fourth-order valence-corrected chi connectivity index (χ4v) is 3.63. The Balaban J connectivity index is 2.33. The molecule has 116 valence electrons. The number of benzene rings is 1. The molecule has 0 saturated carbocycles. The highest BCUT2D eigenvalue weighted by Gasteiger charge is 2.32. The van der Waals surface area contributed by atoms with Gasteiger partial charge in [0.1, 0.15) is 4.90 Å². The quantitative estimate of drug-likeness (QED) is 0.629. The summed E-state index contributed by atoms with van der Waals surface area (Å²) in [5.74, 6) is -1.18. The van der Waals surface area contributed by atoms with Gasteiger partial charge in [-0.05, 0) is 18.2 Å². The minimum absolute atomic E-state index is 0.0267. The minimum atomic E-state index is -3.85. The molecule has 8 nitrogen and oxygen atoms in total. The number of carbonyl (C=O) groups is 1. The Bertz CT molecular complexity index is 645. The molecule has 0 aliphatic carbocycles. The van der Waals surface area contributed by atoms with Crippen LogP contribution in [0, 0.1) is 0 Å². The summed E-state index contributed by atoms with van der Waals surface area (Å²) in [7, 11) is -3.85. The van der Waals surface area contributed by atoms with Crippen LogP contribution in [-0.4, -0.2) is 61.3 Å². The van der Waals surface area contributed by atoms with Gasteiger partial charge >= 0.3 is 5.97 Å². The number of aliphatic hydroxyl groups is 1. The average molecular weight is 316 g/mol. The highest BCUT2D eigenvalue weighted by Crippen LogP contribution is 2.25. The standard InChI is InChI=1S/C12H16N2O6S/c13-10-5-8(12(16)17)1-2-11(10)21(18,19)14-3-4-20-9(6-14)7-15/h1-2,5,9,15H,3-4,6-7,13H2,(H,16,17). The summed E-state index contributed by atoms with van der Waals surface area (Å²) in [5, 5.41) is 17.9. The molecule has 1 aliphatic heterocycles. The van der Waals surface area contributed by atoms with Crippen LogP contribution in [-0.2, 0) is 14.8 Å². The maximum atomic E-state index is 12.5. The molecule has 0 aromatic heterocycles. The van der Waals surface area contributed by atoms with Gasteiger partial charge in [-0.3, -0.25) is 0 Å². The van der Waals surface area contributed by atoms with Crippen molar-refractivity contribution in [1.29, 1.82) is 0 Å². The van der Waals surface area contributed by atoms with E-state index in [4.69, 9.17) is 20.7 Å². The van der Waals surface area contributed by atoms with Crippen LogP contribution in [0.3, 0.4) is 0 Å². The number of carboxylic acids is 1. The van der Waals surface area contributed by atoms with Gasteiger partial charge in [-0.15, -0.1) is 0 Å². The fourth-order valence-electron chi connectivity index (χ4n) is 2.08. The van der Waals surface area contributed by atoms with Crippen molar-refractivity contribution in [2.75, 3.05) is 32.0 Å². The third kappa shape index (κ3) is 3.16. The predicted octanol–water partition coefficient (Wildman–Crippen LogP) is -0.651. The molecule has 1 saturated heterocycles. The maximum absolute atomic E-state index is 12.5. The van der Waals surface area contributed by atoms with Crippen molar-refractivity contribution >= 4 is 21.7 Å². The largest absolute Gasteiger partial charge is 0.478 e. The Kier molecular flexibility index (Phi) is 4.47. The van der Waals surface area contributed by atoms with Crippen LogP contribution in [0.15, 0.2) is 23.1 Å². The number of ether oxygens (including phenoxy) is 1. The fraction of sp³-hybridized carbons (Fsp3) is 0.417. The molecular formula is C12H16N2O6S. The second-order valence-corrected chi connectivity index (χ2v) is 6.50. The van der Waals surface area contributed by atoms with Crippen molar-refractivity contribution in [1.82, 2.24) is 4.31 Å². The molecule has 1 unspecified atom stereocenters. The first-order valence-corrected chi connectivity index (χ1v) is 7.65. The van der Waals surface area contributed by atoms with Gasteiger partial charge in [-0.25, -0.2) is 13.2 Å². The molecule has 1 fully saturated rings. The van der Waals surface area contributed by atoms with Gasteiger partial charge in [0, 0.05) is 13.1 Å². The number of nitrogens with zero attached hydrogens (tertiary/aromatic N) is 1. The molecule has 1 aliphatic rings. The Hall–Kier alpha value is -1.68. The first kappa shape index (κ1) is 15.7. The summed E-state index contributed by atoms with van der Waals surface area (Å²) in [5.41, 5.74) is 5.46. The number of morpholine rings is 1. The van der Waals surface area contributed by atoms with Crippen LogP contribution < -0.4 is 5.73 Å². The van der Waals surface area contributed by atoms with Crippen LogP contribution >= 0.6 is 0 Å². The van der Waals surface area contributed by atoms with E-state index in [1.165, 1.54) is 16.4 Å². The summed E-state index contributed by atoms with van der Waals surface area (Å²) in [6.45, 7) is 0.0783. The van der Waals surface area contributed by atoms with E-state index in [1.807, 2.05) is 0 Å². The normalized spacial score (nSPS) is 20.3. The number of hydrogen-bond donors (Lipinski definition) is 3. The molecule has 9 heteroatoms. The lowest BCUT2D eigenvalue weighted by atomic mass is 10.2. The highest BCUT2D eigenvalue weighted by atomic mass is 32.2. The van der Waals surface area contributed by atoms with E-state index < -0.39 is 22.1 Å². The molecule has 0 radical (unpaired) electrons. The van der Waals surface area contributed by atoms with E-state index in [9.17, 15) is 13.2 Å². The summed E-state index contributed by atoms with van der Waals surface area (Å²) in [6, 6.07) is 3.48. The number of rotatable bonds is 4. The van der Waals surface area contributed by atoms with Crippen molar-refractivity contribution in [2.24, 2.45) is 0 Å². The van der Waals surface area contributed by atoms with Crippen molar-refractivity contribution in [2.45, 2.75) is 11.0 Å². The van der Waals surface area contributed by atoms with Crippen molar-refractivity contribution in [3.05, 3.63) is 23.8 Å². The molecule has 0 bridgehead atoms. The predicted molar refractivity (Wildman–Crippen MR) is 73.4 cm³/mol. The Labute approximate surface area is 121 Å². The summed E-state index contributed by atoms with van der Waals surface area (Å²) in [4.78, 5) is 10.7. The van der Waals surface area contributed by atoms with Gasteiger partial charge < -0.3 is 20.7 Å². The van der Waals surface area contributed by atoms with Crippen molar-refractivity contribution < 1.29 is 28.2 Å². The molecule has 2 rings (SSSR count). The van der Waals surface area contributed by atoms with Gasteiger partial charge in [-0.2, -0.15) is 4.31 Å². The number of anilines is 1. The lowest BCUT2D eigenvalue weighted by molar-refractivity contribution is -0.0304. The van der Waals surface area contributed by atoms with E-state index in [0.29, 0.717) is 0 Å². The van der Waals surface area contributed by atoms with E-state index >= 15 is 0 Å². The van der Waals surface area contributed by atoms with Gasteiger partial charge in [0.25, 0.3) is 0 Å². The minimum Gasteiger partial charge on any atom is -0.478 e. The van der Waals surface area contributed by atoms with E-state index in [-0.39, 0.29) is 42.4 Å². The van der Waals surface area contributed by atoms with E-state index in [0.717, 1.165) is 6.07 Å². The smallest absolute Gasteiger partial charge is 0.335 e. The lowest BCUT2D eigenvalue weighted by Crippen LogP contribution is -2.46. The zero-order valence-corrected chi connectivity index (χ0v) is 11.9. The molecule has 21 heavy (non-hydrogen) atoms. The monoisotopic (exact) mass is 316 g/mol. The van der Waals surface area contributed by atoms with Crippen molar-refractivity contribution in [3.63, 3.8) is 0 Å². The van der Waals surface area contributed by atoms with Gasteiger partial charge in [0.15, 0.2) is 0 Å². The molecular weight excluding hydrogens is 300 g/mol. The third-order valence-electron chi connectivity index (χ3n) is 3.18. The second-order valence-electron chi connectivity index (χ2n) is 4.60. The number of nitrogens with two attached hydrogens (primary N) is 1. The van der Waals surface area contributed by atoms with E-state index in [2.05, 4.69) is 0 Å². The van der Waals surface area contributed by atoms with Crippen molar-refractivity contribution in [3.8, 4) is 0 Å². The van der Waals surface area contributed by atoms with Crippen LogP contribution in [0.4, 0.5) is 5.69 Å². The number of aromatic carboxylic acids is 1. The SMILES string of the molecule is Nc1cc(C(=O)O)ccc1S(=O)(=O)N1CCOC(CO)C1. The summed E-state index contributed by atoms with van der Waals surface area (Å²) < 4.78 is 31.4. The molecule has 1 aromatic rings. The average Bonchev–Trinajstić information content (AvgIpc) is 2.46. The third-order valence-corrected chi connectivity index (χ3v) is 5.12. The number of sulfonamides is 1. The zero-order valence-electron chi connectivity index (χ0n) is 11.1. The Morgan fingerprint density at radius 1 is 1.48 bits per heavy atom. The molecule has 1 aromatic carbocycles. The Morgan fingerprint density at radius 3 is 2.76 bits per heavy atom. The molecule has 0 amide bonds.